The number of halogens is 2. The number of benzene rings is 1. The van der Waals surface area contributed by atoms with E-state index in [0.29, 0.717) is 23.1 Å². The molecule has 3 nitrogen and oxygen atoms in total. The van der Waals surface area contributed by atoms with Crippen LogP contribution < -0.4 is 0 Å². The van der Waals surface area contributed by atoms with E-state index >= 15 is 0 Å². The van der Waals surface area contributed by atoms with Gasteiger partial charge in [-0.3, -0.25) is 0 Å². The minimum Gasteiger partial charge on any atom is -0.228 e. The van der Waals surface area contributed by atoms with Crippen LogP contribution in [0.5, 0.6) is 0 Å². The van der Waals surface area contributed by atoms with Gasteiger partial charge in [-0.2, -0.15) is 0 Å². The van der Waals surface area contributed by atoms with Gasteiger partial charge in [0.05, 0.1) is 11.0 Å². The normalized spacial score (nSPS) is 19.5. The van der Waals surface area contributed by atoms with E-state index in [0.717, 1.165) is 5.56 Å². The summed E-state index contributed by atoms with van der Waals surface area (Å²) in [4.78, 5) is 4.07. The standard InChI is InChI=1S/C15H13Cl2NO2S/c1-9-11-8-21(19,20)12(7-10-5-3-2-4-6-10)13(11)15(17)18-14(9)16/h2-6,12H,7-8H2,1H3/t12-/m1/s1. The van der Waals surface area contributed by atoms with Gasteiger partial charge in [0.25, 0.3) is 0 Å². The second-order valence-corrected chi connectivity index (χ2v) is 8.10. The van der Waals surface area contributed by atoms with Gasteiger partial charge >= 0.3 is 0 Å². The molecule has 21 heavy (non-hydrogen) atoms. The number of aromatic nitrogens is 1. The maximum atomic E-state index is 12.5. The predicted molar refractivity (Wildman–Crippen MR) is 84.5 cm³/mol. The van der Waals surface area contributed by atoms with Crippen molar-refractivity contribution < 1.29 is 8.42 Å². The lowest BCUT2D eigenvalue weighted by atomic mass is 10.00. The smallest absolute Gasteiger partial charge is 0.161 e. The number of nitrogens with zero attached hydrogens (tertiary/aromatic N) is 1. The predicted octanol–water partition coefficient (Wildman–Crippen LogP) is 3.91. The van der Waals surface area contributed by atoms with Gasteiger partial charge in [-0.05, 0) is 30.0 Å². The highest BCUT2D eigenvalue weighted by Gasteiger charge is 2.40. The van der Waals surface area contributed by atoms with Gasteiger partial charge in [0, 0.05) is 5.56 Å². The van der Waals surface area contributed by atoms with Gasteiger partial charge in [0.1, 0.15) is 10.3 Å². The molecule has 0 saturated carbocycles. The van der Waals surface area contributed by atoms with Gasteiger partial charge in [-0.25, -0.2) is 13.4 Å². The van der Waals surface area contributed by atoms with Crippen molar-refractivity contribution in [3.8, 4) is 0 Å². The highest BCUT2D eigenvalue weighted by molar-refractivity contribution is 7.91. The molecule has 0 fully saturated rings. The van der Waals surface area contributed by atoms with Crippen molar-refractivity contribution in [2.45, 2.75) is 24.3 Å². The molecule has 0 spiro atoms. The number of pyridine rings is 1. The van der Waals surface area contributed by atoms with Crippen LogP contribution in [0.15, 0.2) is 30.3 Å². The van der Waals surface area contributed by atoms with Gasteiger partial charge in [-0.1, -0.05) is 53.5 Å². The molecular formula is C15H13Cl2NO2S. The number of fused-ring (bicyclic) bond motifs is 1. The summed E-state index contributed by atoms with van der Waals surface area (Å²) >= 11 is 12.2. The quantitative estimate of drug-likeness (QED) is 0.778. The minimum absolute atomic E-state index is 0.0202. The van der Waals surface area contributed by atoms with E-state index in [2.05, 4.69) is 4.98 Å². The largest absolute Gasteiger partial charge is 0.228 e. The first-order valence-corrected chi connectivity index (χ1v) is 8.97. The fourth-order valence-electron chi connectivity index (χ4n) is 2.73. The molecule has 2 aromatic rings. The van der Waals surface area contributed by atoms with Crippen LogP contribution in [0.25, 0.3) is 0 Å². The fourth-order valence-corrected chi connectivity index (χ4v) is 5.40. The highest BCUT2D eigenvalue weighted by atomic mass is 35.5. The molecule has 1 aromatic carbocycles. The molecule has 110 valence electrons. The maximum Gasteiger partial charge on any atom is 0.161 e. The first-order chi connectivity index (χ1) is 9.90. The lowest BCUT2D eigenvalue weighted by molar-refractivity contribution is 0.586. The topological polar surface area (TPSA) is 47.0 Å². The molecule has 0 amide bonds. The summed E-state index contributed by atoms with van der Waals surface area (Å²) in [6.45, 7) is 1.78. The zero-order chi connectivity index (χ0) is 15.2. The van der Waals surface area contributed by atoms with Crippen LogP contribution in [0.2, 0.25) is 10.3 Å². The molecule has 0 N–H and O–H groups in total. The van der Waals surface area contributed by atoms with Gasteiger partial charge in [-0.15, -0.1) is 0 Å². The highest BCUT2D eigenvalue weighted by Crippen LogP contribution is 2.44. The Labute approximate surface area is 133 Å². The van der Waals surface area contributed by atoms with Crippen molar-refractivity contribution in [1.29, 1.82) is 0 Å². The summed E-state index contributed by atoms with van der Waals surface area (Å²) in [5, 5.41) is -0.178. The lowest BCUT2D eigenvalue weighted by Gasteiger charge is -2.13. The minimum atomic E-state index is -3.29. The monoisotopic (exact) mass is 341 g/mol. The Hall–Kier alpha value is -1.10. The molecule has 2 heterocycles. The summed E-state index contributed by atoms with van der Waals surface area (Å²) in [7, 11) is -3.29. The van der Waals surface area contributed by atoms with E-state index in [9.17, 15) is 8.42 Å². The van der Waals surface area contributed by atoms with Crippen LogP contribution in [0.3, 0.4) is 0 Å². The van der Waals surface area contributed by atoms with E-state index in [4.69, 9.17) is 23.2 Å². The third kappa shape index (κ3) is 2.56. The average Bonchev–Trinajstić information content (AvgIpc) is 2.70. The van der Waals surface area contributed by atoms with Crippen molar-refractivity contribution in [3.63, 3.8) is 0 Å². The second-order valence-electron chi connectivity index (χ2n) is 5.20. The Morgan fingerprint density at radius 1 is 1.19 bits per heavy atom. The van der Waals surface area contributed by atoms with Crippen LogP contribution in [0.1, 0.15) is 27.5 Å². The van der Waals surface area contributed by atoms with E-state index in [1.54, 1.807) is 6.92 Å². The van der Waals surface area contributed by atoms with E-state index in [1.807, 2.05) is 30.3 Å². The lowest BCUT2D eigenvalue weighted by Crippen LogP contribution is -2.10. The van der Waals surface area contributed by atoms with Crippen molar-refractivity contribution in [2.75, 3.05) is 0 Å². The van der Waals surface area contributed by atoms with Crippen LogP contribution in [0.4, 0.5) is 0 Å². The van der Waals surface area contributed by atoms with Crippen molar-refractivity contribution >= 4 is 33.0 Å². The van der Waals surface area contributed by atoms with Crippen molar-refractivity contribution in [2.24, 2.45) is 0 Å². The third-order valence-corrected chi connectivity index (χ3v) is 6.49. The van der Waals surface area contributed by atoms with Gasteiger partial charge in [0.2, 0.25) is 0 Å². The van der Waals surface area contributed by atoms with E-state index in [1.165, 1.54) is 0 Å². The van der Waals surface area contributed by atoms with Crippen LogP contribution in [0, 0.1) is 6.92 Å². The van der Waals surface area contributed by atoms with Gasteiger partial charge in [0.15, 0.2) is 9.84 Å². The summed E-state index contributed by atoms with van der Waals surface area (Å²) in [5.41, 5.74) is 2.99. The fraction of sp³-hybridized carbons (Fsp3) is 0.267. The molecule has 1 aliphatic rings. The molecule has 1 aliphatic heterocycles. The first-order valence-electron chi connectivity index (χ1n) is 6.50. The number of sulfone groups is 1. The summed E-state index contributed by atoms with van der Waals surface area (Å²) in [6.07, 6.45) is 0.401. The Morgan fingerprint density at radius 3 is 2.52 bits per heavy atom. The molecule has 1 atom stereocenters. The van der Waals surface area contributed by atoms with E-state index < -0.39 is 15.1 Å². The molecular weight excluding hydrogens is 329 g/mol. The van der Waals surface area contributed by atoms with Crippen molar-refractivity contribution in [3.05, 3.63) is 62.9 Å². The summed E-state index contributed by atoms with van der Waals surface area (Å²) in [6, 6.07) is 9.52. The second kappa shape index (κ2) is 5.27. The van der Waals surface area contributed by atoms with Crippen LogP contribution in [-0.4, -0.2) is 13.4 Å². The first kappa shape index (κ1) is 14.8. The van der Waals surface area contributed by atoms with Crippen molar-refractivity contribution in [1.82, 2.24) is 4.98 Å². The molecule has 6 heteroatoms. The van der Waals surface area contributed by atoms with E-state index in [-0.39, 0.29) is 16.1 Å². The molecule has 0 unspecified atom stereocenters. The zero-order valence-electron chi connectivity index (χ0n) is 11.3. The average molecular weight is 342 g/mol. The number of hydrogen-bond donors (Lipinski definition) is 0. The molecule has 0 bridgehead atoms. The van der Waals surface area contributed by atoms with Crippen LogP contribution in [-0.2, 0) is 22.0 Å². The summed E-state index contributed by atoms with van der Waals surface area (Å²) in [5.74, 6) is -0.0202. The molecule has 3 rings (SSSR count). The zero-order valence-corrected chi connectivity index (χ0v) is 13.6. The Kier molecular flexibility index (Phi) is 3.72. The van der Waals surface area contributed by atoms with Crippen LogP contribution >= 0.6 is 23.2 Å². The molecule has 0 saturated heterocycles. The SMILES string of the molecule is Cc1c(Cl)nc(Cl)c2c1CS(=O)(=O)[C@@H]2Cc1ccccc1. The third-order valence-electron chi connectivity index (χ3n) is 3.87. The number of rotatable bonds is 2. The Balaban J connectivity index is 2.13. The van der Waals surface area contributed by atoms with Gasteiger partial charge < -0.3 is 0 Å². The molecule has 0 radical (unpaired) electrons. The Bertz CT molecular complexity index is 804. The Morgan fingerprint density at radius 2 is 1.86 bits per heavy atom. The molecule has 0 aliphatic carbocycles. The molecule has 1 aromatic heterocycles. The number of hydrogen-bond acceptors (Lipinski definition) is 3. The maximum absolute atomic E-state index is 12.5. The summed E-state index contributed by atoms with van der Waals surface area (Å²) < 4.78 is 25.0.